The van der Waals surface area contributed by atoms with Gasteiger partial charge in [0.05, 0.1) is 0 Å². The molecule has 0 fully saturated rings. The first-order valence-electron chi connectivity index (χ1n) is 8.16. The van der Waals surface area contributed by atoms with Gasteiger partial charge in [-0.25, -0.2) is 0 Å². The summed E-state index contributed by atoms with van der Waals surface area (Å²) in [7, 11) is 0. The van der Waals surface area contributed by atoms with Crippen molar-refractivity contribution in [3.63, 3.8) is 0 Å². The minimum absolute atomic E-state index is 0.462. The molecule has 0 aromatic heterocycles. The molecule has 1 aliphatic carbocycles. The van der Waals surface area contributed by atoms with Crippen molar-refractivity contribution in [2.75, 3.05) is 11.5 Å². The van der Waals surface area contributed by atoms with Gasteiger partial charge in [0.1, 0.15) is 0 Å². The summed E-state index contributed by atoms with van der Waals surface area (Å²) in [4.78, 5) is 0. The minimum atomic E-state index is 0.462. The number of fused-ring (bicyclic) bond motifs is 1. The van der Waals surface area contributed by atoms with Crippen LogP contribution in [-0.2, 0) is 12.8 Å². The van der Waals surface area contributed by atoms with Crippen LogP contribution in [0.15, 0.2) is 18.2 Å². The lowest BCUT2D eigenvalue weighted by atomic mass is 9.89. The lowest BCUT2D eigenvalue weighted by molar-refractivity contribution is 0.471. The highest BCUT2D eigenvalue weighted by Gasteiger charge is 2.13. The molecule has 20 heavy (non-hydrogen) atoms. The van der Waals surface area contributed by atoms with E-state index >= 15 is 0 Å². The highest BCUT2D eigenvalue weighted by atomic mass is 32.2. The van der Waals surface area contributed by atoms with E-state index in [2.05, 4.69) is 44.3 Å². The molecule has 112 valence electrons. The van der Waals surface area contributed by atoms with Crippen LogP contribution in [-0.4, -0.2) is 17.5 Å². The fourth-order valence-corrected chi connectivity index (χ4v) is 3.84. The van der Waals surface area contributed by atoms with Crippen molar-refractivity contribution in [1.29, 1.82) is 0 Å². The van der Waals surface area contributed by atoms with Crippen molar-refractivity contribution in [3.8, 4) is 0 Å². The first kappa shape index (κ1) is 15.9. The van der Waals surface area contributed by atoms with Gasteiger partial charge in [-0.05, 0) is 74.1 Å². The summed E-state index contributed by atoms with van der Waals surface area (Å²) in [5.74, 6) is 2.49. The molecule has 0 heterocycles. The van der Waals surface area contributed by atoms with Crippen LogP contribution in [0.25, 0.3) is 0 Å². The van der Waals surface area contributed by atoms with Crippen molar-refractivity contribution in [1.82, 2.24) is 5.32 Å². The van der Waals surface area contributed by atoms with E-state index in [4.69, 9.17) is 0 Å². The van der Waals surface area contributed by atoms with E-state index in [9.17, 15) is 0 Å². The molecule has 1 aromatic rings. The molecule has 1 N–H and O–H groups in total. The van der Waals surface area contributed by atoms with Crippen molar-refractivity contribution in [2.24, 2.45) is 0 Å². The molecule has 0 saturated carbocycles. The van der Waals surface area contributed by atoms with Crippen LogP contribution in [0.3, 0.4) is 0 Å². The van der Waals surface area contributed by atoms with Gasteiger partial charge < -0.3 is 5.32 Å². The maximum absolute atomic E-state index is 3.75. The van der Waals surface area contributed by atoms with Gasteiger partial charge in [0.2, 0.25) is 0 Å². The minimum Gasteiger partial charge on any atom is -0.308 e. The SMILES string of the molecule is CCSCCC(C)NC(C)c1ccc2c(c1)CCCC2. The first-order chi connectivity index (χ1) is 9.70. The molecule has 0 aliphatic heterocycles. The predicted molar refractivity (Wildman–Crippen MR) is 91.7 cm³/mol. The smallest absolute Gasteiger partial charge is 0.0294 e. The maximum Gasteiger partial charge on any atom is 0.0294 e. The molecule has 0 amide bonds. The highest BCUT2D eigenvalue weighted by molar-refractivity contribution is 7.99. The number of hydrogen-bond donors (Lipinski definition) is 1. The summed E-state index contributed by atoms with van der Waals surface area (Å²) in [6.07, 6.45) is 6.55. The largest absolute Gasteiger partial charge is 0.308 e. The highest BCUT2D eigenvalue weighted by Crippen LogP contribution is 2.25. The second-order valence-corrected chi connectivity index (χ2v) is 7.40. The summed E-state index contributed by atoms with van der Waals surface area (Å²) in [6.45, 7) is 6.84. The molecular formula is C18H29NS. The molecule has 1 aliphatic rings. The number of benzene rings is 1. The molecule has 0 spiro atoms. The van der Waals surface area contributed by atoms with Crippen molar-refractivity contribution < 1.29 is 0 Å². The van der Waals surface area contributed by atoms with Crippen LogP contribution in [0, 0.1) is 0 Å². The van der Waals surface area contributed by atoms with Gasteiger partial charge in [-0.15, -0.1) is 0 Å². The third-order valence-electron chi connectivity index (χ3n) is 4.31. The lowest BCUT2D eigenvalue weighted by Gasteiger charge is -2.23. The summed E-state index contributed by atoms with van der Waals surface area (Å²) in [5, 5.41) is 3.75. The standard InChI is InChI=1S/C18H29NS/c1-4-20-12-11-14(2)19-15(3)17-10-9-16-7-5-6-8-18(16)13-17/h9-10,13-15,19H,4-8,11-12H2,1-3H3. The van der Waals surface area contributed by atoms with E-state index in [0.717, 1.165) is 0 Å². The molecule has 2 rings (SSSR count). The maximum atomic E-state index is 3.75. The normalized spacial score (nSPS) is 17.6. The van der Waals surface area contributed by atoms with Crippen LogP contribution < -0.4 is 5.32 Å². The summed E-state index contributed by atoms with van der Waals surface area (Å²) < 4.78 is 0. The second-order valence-electron chi connectivity index (χ2n) is 6.01. The Bertz CT molecular complexity index is 416. The summed E-state index contributed by atoms with van der Waals surface area (Å²) >= 11 is 2.04. The molecule has 1 aromatic carbocycles. The molecule has 0 bridgehead atoms. The number of nitrogens with one attached hydrogen (secondary N) is 1. The van der Waals surface area contributed by atoms with E-state index < -0.39 is 0 Å². The zero-order valence-corrected chi connectivity index (χ0v) is 14.1. The van der Waals surface area contributed by atoms with Crippen molar-refractivity contribution in [2.45, 2.75) is 65.0 Å². The Morgan fingerprint density at radius 2 is 1.90 bits per heavy atom. The quantitative estimate of drug-likeness (QED) is 0.728. The van der Waals surface area contributed by atoms with Gasteiger partial charge >= 0.3 is 0 Å². The van der Waals surface area contributed by atoms with Gasteiger partial charge in [-0.2, -0.15) is 11.8 Å². The third-order valence-corrected chi connectivity index (χ3v) is 5.24. The first-order valence-corrected chi connectivity index (χ1v) is 9.31. The molecule has 2 atom stereocenters. The van der Waals surface area contributed by atoms with Gasteiger partial charge in [0, 0.05) is 12.1 Å². The Kier molecular flexibility index (Phi) is 6.44. The van der Waals surface area contributed by atoms with Crippen LogP contribution in [0.4, 0.5) is 0 Å². The number of rotatable bonds is 7. The average Bonchev–Trinajstić information content (AvgIpc) is 2.47. The molecule has 2 unspecified atom stereocenters. The van der Waals surface area contributed by atoms with Crippen LogP contribution in [0.2, 0.25) is 0 Å². The zero-order chi connectivity index (χ0) is 14.4. The number of aryl methyl sites for hydroxylation is 2. The van der Waals surface area contributed by atoms with Crippen molar-refractivity contribution >= 4 is 11.8 Å². The fraction of sp³-hybridized carbons (Fsp3) is 0.667. The lowest BCUT2D eigenvalue weighted by Crippen LogP contribution is -2.29. The van der Waals surface area contributed by atoms with Crippen LogP contribution >= 0.6 is 11.8 Å². The molecule has 2 heteroatoms. The fourth-order valence-electron chi connectivity index (χ4n) is 3.03. The molecule has 0 saturated heterocycles. The number of hydrogen-bond acceptors (Lipinski definition) is 2. The van der Waals surface area contributed by atoms with E-state index in [1.165, 1.54) is 49.2 Å². The van der Waals surface area contributed by atoms with Gasteiger partial charge in [0.15, 0.2) is 0 Å². The summed E-state index contributed by atoms with van der Waals surface area (Å²) in [6, 6.07) is 8.19. The average molecular weight is 292 g/mol. The van der Waals surface area contributed by atoms with E-state index in [-0.39, 0.29) is 0 Å². The summed E-state index contributed by atoms with van der Waals surface area (Å²) in [5.41, 5.74) is 4.64. The van der Waals surface area contributed by atoms with Gasteiger partial charge in [-0.3, -0.25) is 0 Å². The Labute approximate surface area is 128 Å². The van der Waals surface area contributed by atoms with E-state index in [0.29, 0.717) is 12.1 Å². The van der Waals surface area contributed by atoms with Gasteiger partial charge in [-0.1, -0.05) is 25.1 Å². The molecule has 1 nitrogen and oxygen atoms in total. The van der Waals surface area contributed by atoms with Crippen molar-refractivity contribution in [3.05, 3.63) is 34.9 Å². The van der Waals surface area contributed by atoms with Gasteiger partial charge in [0.25, 0.3) is 0 Å². The topological polar surface area (TPSA) is 12.0 Å². The second kappa shape index (κ2) is 8.09. The molecule has 0 radical (unpaired) electrons. The van der Waals surface area contributed by atoms with E-state index in [1.807, 2.05) is 11.8 Å². The third kappa shape index (κ3) is 4.53. The Morgan fingerprint density at radius 3 is 2.65 bits per heavy atom. The predicted octanol–water partition coefficient (Wildman–Crippen LogP) is 4.75. The number of thioether (sulfide) groups is 1. The Hall–Kier alpha value is -0.470. The van der Waals surface area contributed by atoms with Crippen LogP contribution in [0.1, 0.15) is 62.8 Å². The monoisotopic (exact) mass is 291 g/mol. The molecular weight excluding hydrogens is 262 g/mol. The Morgan fingerprint density at radius 1 is 1.15 bits per heavy atom. The Balaban J connectivity index is 1.90. The zero-order valence-electron chi connectivity index (χ0n) is 13.2. The van der Waals surface area contributed by atoms with E-state index in [1.54, 1.807) is 11.1 Å². The van der Waals surface area contributed by atoms with Crippen LogP contribution in [0.5, 0.6) is 0 Å².